The van der Waals surface area contributed by atoms with E-state index in [2.05, 4.69) is 75.9 Å². The van der Waals surface area contributed by atoms with Gasteiger partial charge in [-0.1, -0.05) is 92.9 Å². The zero-order valence-electron chi connectivity index (χ0n) is 17.4. The Labute approximate surface area is 199 Å². The SMILES string of the molecule is C=C1C[C@]2(CO[Si](c3ccccc3)(c3ccccc3)C(C)(C)C)O[CH-][C@H]1[C@@H]2O.[U]. The molecular formula is C24H29O3SiU-. The Hall–Kier alpha value is -0.671. The van der Waals surface area contributed by atoms with Crippen LogP contribution in [0.5, 0.6) is 0 Å². The van der Waals surface area contributed by atoms with Crippen LogP contribution in [-0.2, 0) is 9.16 Å². The van der Waals surface area contributed by atoms with E-state index in [0.717, 1.165) is 5.57 Å². The van der Waals surface area contributed by atoms with Gasteiger partial charge in [-0.2, -0.15) is 0 Å². The van der Waals surface area contributed by atoms with E-state index in [1.54, 1.807) is 6.61 Å². The maximum absolute atomic E-state index is 10.8. The first kappa shape index (κ1) is 23.0. The van der Waals surface area contributed by atoms with E-state index >= 15 is 0 Å². The number of hydrogen-bond acceptors (Lipinski definition) is 3. The number of aliphatic hydroxyl groups excluding tert-OH is 1. The first-order valence-electron chi connectivity index (χ1n) is 9.92. The molecule has 2 aliphatic rings. The smallest absolute Gasteiger partial charge is 0.261 e. The van der Waals surface area contributed by atoms with Gasteiger partial charge in [-0.3, -0.25) is 0 Å². The summed E-state index contributed by atoms with van der Waals surface area (Å²) in [5.74, 6) is -0.0808. The van der Waals surface area contributed by atoms with Gasteiger partial charge >= 0.3 is 0 Å². The van der Waals surface area contributed by atoms with Crippen molar-refractivity contribution in [2.75, 3.05) is 6.61 Å². The van der Waals surface area contributed by atoms with Crippen LogP contribution in [0.4, 0.5) is 0 Å². The van der Waals surface area contributed by atoms with E-state index in [9.17, 15) is 5.11 Å². The third-order valence-corrected chi connectivity index (χ3v) is 11.3. The van der Waals surface area contributed by atoms with E-state index in [4.69, 9.17) is 9.16 Å². The first-order chi connectivity index (χ1) is 13.3. The molecule has 0 amide bonds. The Balaban J connectivity index is 0.00000240. The molecule has 152 valence electrons. The minimum absolute atomic E-state index is 0. The minimum atomic E-state index is -2.65. The van der Waals surface area contributed by atoms with Gasteiger partial charge in [0.25, 0.3) is 8.32 Å². The third-order valence-electron chi connectivity index (χ3n) is 6.28. The van der Waals surface area contributed by atoms with Crippen LogP contribution in [0.15, 0.2) is 72.8 Å². The monoisotopic (exact) mass is 631 g/mol. The standard InChI is InChI=1S/C24H29O3Si.U/c1-18-15-24(22(25)21(18)16-26-24)17-27-28(23(2,3)4,19-11-7-5-8-12-19)20-13-9-6-10-14-20;/h5-14,16,21-22,25H,1,15,17H2,2-4H3;/q-1;/t21-,22+,24-;/m1./s1. The Morgan fingerprint density at radius 2 is 1.62 bits per heavy atom. The van der Waals surface area contributed by atoms with Crippen molar-refractivity contribution in [1.29, 1.82) is 0 Å². The van der Waals surface area contributed by atoms with Crippen molar-refractivity contribution in [3.05, 3.63) is 79.4 Å². The molecule has 1 saturated heterocycles. The summed E-state index contributed by atoms with van der Waals surface area (Å²) in [6.07, 6.45) is 0.0614. The van der Waals surface area contributed by atoms with Gasteiger partial charge in [-0.05, 0) is 21.8 Å². The maximum atomic E-state index is 10.8. The van der Waals surface area contributed by atoms with E-state index in [1.807, 2.05) is 12.1 Å². The fourth-order valence-electron chi connectivity index (χ4n) is 4.81. The summed E-state index contributed by atoms with van der Waals surface area (Å²) in [5.41, 5.74) is 0.319. The molecule has 3 nitrogen and oxygen atoms in total. The van der Waals surface area contributed by atoms with Crippen LogP contribution < -0.4 is 10.4 Å². The molecule has 2 aromatic rings. The molecule has 2 aromatic carbocycles. The Bertz CT molecular complexity index is 810. The largest absolute Gasteiger partial charge is 0.543 e. The molecule has 29 heavy (non-hydrogen) atoms. The summed E-state index contributed by atoms with van der Waals surface area (Å²) in [4.78, 5) is 0. The fourth-order valence-corrected chi connectivity index (χ4v) is 9.43. The first-order valence-corrected chi connectivity index (χ1v) is 11.8. The average molecular weight is 632 g/mol. The Kier molecular flexibility index (Phi) is 6.71. The van der Waals surface area contributed by atoms with Gasteiger partial charge in [-0.15, -0.1) is 6.58 Å². The quantitative estimate of drug-likeness (QED) is 0.313. The molecule has 1 aliphatic carbocycles. The molecule has 2 fully saturated rings. The van der Waals surface area contributed by atoms with Gasteiger partial charge in [0, 0.05) is 31.1 Å². The summed E-state index contributed by atoms with van der Waals surface area (Å²) in [6, 6.07) is 21.1. The molecule has 1 heterocycles. The van der Waals surface area contributed by atoms with Crippen molar-refractivity contribution in [3.8, 4) is 0 Å². The van der Waals surface area contributed by atoms with Crippen LogP contribution >= 0.6 is 0 Å². The van der Waals surface area contributed by atoms with Crippen molar-refractivity contribution in [2.45, 2.75) is 43.9 Å². The van der Waals surface area contributed by atoms with Crippen LogP contribution in [0.25, 0.3) is 0 Å². The molecular weight excluding hydrogens is 602 g/mol. The van der Waals surface area contributed by atoms with Gasteiger partial charge < -0.3 is 14.3 Å². The second kappa shape index (κ2) is 8.46. The molecule has 2 bridgehead atoms. The zero-order chi connectivity index (χ0) is 20.0. The fraction of sp³-hybridized carbons (Fsp3) is 0.375. The Morgan fingerprint density at radius 3 is 2.00 bits per heavy atom. The predicted molar refractivity (Wildman–Crippen MR) is 115 cm³/mol. The van der Waals surface area contributed by atoms with Gasteiger partial charge in [-0.25, -0.2) is 6.61 Å². The van der Waals surface area contributed by atoms with E-state index in [1.165, 1.54) is 10.4 Å². The summed E-state index contributed by atoms with van der Waals surface area (Å²) < 4.78 is 12.9. The molecule has 1 N–H and O–H groups in total. The zero-order valence-corrected chi connectivity index (χ0v) is 22.6. The number of ether oxygens (including phenoxy) is 1. The minimum Gasteiger partial charge on any atom is -0.543 e. The van der Waals surface area contributed by atoms with Gasteiger partial charge in [0.2, 0.25) is 0 Å². The van der Waals surface area contributed by atoms with Crippen molar-refractivity contribution < 1.29 is 45.4 Å². The number of hydrogen-bond donors (Lipinski definition) is 1. The summed E-state index contributed by atoms with van der Waals surface area (Å²) in [7, 11) is -2.65. The normalized spacial score (nSPS) is 26.4. The van der Waals surface area contributed by atoms with Gasteiger partial charge in [0.1, 0.15) is 0 Å². The average Bonchev–Trinajstić information content (AvgIpc) is 3.11. The molecule has 1 aliphatic heterocycles. The molecule has 4 rings (SSSR count). The van der Waals surface area contributed by atoms with E-state index < -0.39 is 20.0 Å². The van der Waals surface area contributed by atoms with Crippen molar-refractivity contribution in [1.82, 2.24) is 0 Å². The van der Waals surface area contributed by atoms with E-state index in [-0.39, 0.29) is 42.1 Å². The van der Waals surface area contributed by atoms with Crippen molar-refractivity contribution >= 4 is 18.7 Å². The van der Waals surface area contributed by atoms with Gasteiger partial charge in [0.15, 0.2) is 0 Å². The van der Waals surface area contributed by atoms with Crippen LogP contribution in [0.3, 0.4) is 0 Å². The van der Waals surface area contributed by atoms with Crippen LogP contribution in [-0.4, -0.2) is 31.7 Å². The van der Waals surface area contributed by atoms with Crippen molar-refractivity contribution in [3.63, 3.8) is 0 Å². The third kappa shape index (κ3) is 3.76. The van der Waals surface area contributed by atoms with E-state index in [0.29, 0.717) is 13.0 Å². The number of aliphatic hydroxyl groups is 1. The van der Waals surface area contributed by atoms with Crippen LogP contribution in [0, 0.1) is 43.6 Å². The molecule has 0 spiro atoms. The summed E-state index contributed by atoms with van der Waals surface area (Å²) in [6.45, 7) is 13.0. The summed E-state index contributed by atoms with van der Waals surface area (Å²) in [5, 5.41) is 13.2. The topological polar surface area (TPSA) is 38.7 Å². The second-order valence-corrected chi connectivity index (χ2v) is 13.4. The van der Waals surface area contributed by atoms with Gasteiger partial charge in [0.05, 0.1) is 18.3 Å². The molecule has 5 heteroatoms. The number of benzene rings is 2. The molecule has 0 radical (unpaired) electrons. The van der Waals surface area contributed by atoms with Crippen LogP contribution in [0.2, 0.25) is 5.04 Å². The molecule has 3 atom stereocenters. The Morgan fingerprint density at radius 1 is 1.10 bits per heavy atom. The number of fused-ring (bicyclic) bond motifs is 2. The number of rotatable bonds is 5. The predicted octanol–water partition coefficient (Wildman–Crippen LogP) is 3.43. The second-order valence-electron chi connectivity index (χ2n) is 9.08. The molecule has 0 aromatic heterocycles. The summed E-state index contributed by atoms with van der Waals surface area (Å²) >= 11 is 0. The molecule has 1 saturated carbocycles. The maximum Gasteiger partial charge on any atom is 0.261 e. The van der Waals surface area contributed by atoms with Crippen LogP contribution in [0.1, 0.15) is 27.2 Å². The molecule has 0 unspecified atom stereocenters. The van der Waals surface area contributed by atoms with Crippen molar-refractivity contribution in [2.24, 2.45) is 5.92 Å².